The summed E-state index contributed by atoms with van der Waals surface area (Å²) in [7, 11) is 1.40. The fourth-order valence-corrected chi connectivity index (χ4v) is 2.97. The fraction of sp³-hybridized carbons (Fsp3) is 0.588. The Bertz CT molecular complexity index is 615. The number of carbonyl (C=O) groups excluding carboxylic acids is 1. The topological polar surface area (TPSA) is 103 Å². The molecule has 1 heterocycles. The number of piperidine rings is 1. The van der Waals surface area contributed by atoms with Gasteiger partial charge in [-0.2, -0.15) is 0 Å². The van der Waals surface area contributed by atoms with E-state index < -0.39 is 10.8 Å². The Balaban J connectivity index is 2.10. The molecule has 1 aromatic carbocycles. The maximum atomic E-state index is 12.4. The first-order valence-electron chi connectivity index (χ1n) is 8.55. The molecule has 1 saturated heterocycles. The lowest BCUT2D eigenvalue weighted by Gasteiger charge is -2.22. The van der Waals surface area contributed by atoms with E-state index in [4.69, 9.17) is 9.47 Å². The summed E-state index contributed by atoms with van der Waals surface area (Å²) in [6.45, 7) is 4.63. The first-order valence-corrected chi connectivity index (χ1v) is 8.55. The van der Waals surface area contributed by atoms with Crippen LogP contribution in [0.3, 0.4) is 0 Å². The fourth-order valence-electron chi connectivity index (χ4n) is 2.97. The van der Waals surface area contributed by atoms with Crippen molar-refractivity contribution in [1.82, 2.24) is 10.6 Å². The van der Waals surface area contributed by atoms with Gasteiger partial charge in [0.15, 0.2) is 11.5 Å². The standard InChI is InChI=1S/C17H25N3O5/c1-3-25-16-9-13(14(20(22)23)10-15(16)24-2)17(21)19-8-6-12-5-4-7-18-11-12/h9-10,12,18H,3-8,11H2,1-2H3,(H,19,21). The third-order valence-corrected chi connectivity index (χ3v) is 4.26. The summed E-state index contributed by atoms with van der Waals surface area (Å²) in [5.41, 5.74) is -0.312. The van der Waals surface area contributed by atoms with Crippen molar-refractivity contribution in [3.05, 3.63) is 27.8 Å². The number of nitrogens with one attached hydrogen (secondary N) is 2. The molecule has 2 rings (SSSR count). The van der Waals surface area contributed by atoms with Crippen molar-refractivity contribution in [2.75, 3.05) is 33.4 Å². The molecule has 1 fully saturated rings. The van der Waals surface area contributed by atoms with E-state index in [-0.39, 0.29) is 17.0 Å². The molecule has 0 aromatic heterocycles. The molecular formula is C17H25N3O5. The molecule has 2 N–H and O–H groups in total. The van der Waals surface area contributed by atoms with E-state index in [0.717, 1.165) is 32.4 Å². The monoisotopic (exact) mass is 351 g/mol. The Kier molecular flexibility index (Phi) is 7.00. The van der Waals surface area contributed by atoms with Crippen molar-refractivity contribution >= 4 is 11.6 Å². The zero-order valence-corrected chi connectivity index (χ0v) is 14.7. The number of nitro benzene ring substituents is 1. The van der Waals surface area contributed by atoms with E-state index in [2.05, 4.69) is 10.6 Å². The molecule has 0 spiro atoms. The molecule has 1 aliphatic rings. The van der Waals surface area contributed by atoms with Gasteiger partial charge in [-0.1, -0.05) is 0 Å². The van der Waals surface area contributed by atoms with Crippen LogP contribution in [0, 0.1) is 16.0 Å². The van der Waals surface area contributed by atoms with Gasteiger partial charge < -0.3 is 20.1 Å². The third-order valence-electron chi connectivity index (χ3n) is 4.26. The molecule has 1 amide bonds. The molecule has 8 heteroatoms. The first kappa shape index (κ1) is 19.0. The summed E-state index contributed by atoms with van der Waals surface area (Å²) in [4.78, 5) is 23.2. The summed E-state index contributed by atoms with van der Waals surface area (Å²) in [5, 5.41) is 17.4. The number of ether oxygens (including phenoxy) is 2. The highest BCUT2D eigenvalue weighted by Gasteiger charge is 2.24. The number of carbonyl (C=O) groups is 1. The minimum absolute atomic E-state index is 0.0176. The molecule has 1 aliphatic heterocycles. The Labute approximate surface area is 147 Å². The molecule has 0 aliphatic carbocycles. The van der Waals surface area contributed by atoms with E-state index in [1.165, 1.54) is 19.2 Å². The molecule has 0 saturated carbocycles. The maximum absolute atomic E-state index is 12.4. The zero-order chi connectivity index (χ0) is 18.2. The number of amides is 1. The van der Waals surface area contributed by atoms with Gasteiger partial charge in [-0.15, -0.1) is 0 Å². The molecule has 0 radical (unpaired) electrons. The molecule has 0 bridgehead atoms. The largest absolute Gasteiger partial charge is 0.493 e. The van der Waals surface area contributed by atoms with Crippen LogP contribution in [-0.4, -0.2) is 44.2 Å². The summed E-state index contributed by atoms with van der Waals surface area (Å²) in [5.74, 6) is 0.605. The second-order valence-corrected chi connectivity index (χ2v) is 5.97. The molecule has 1 atom stereocenters. The number of methoxy groups -OCH3 is 1. The quantitative estimate of drug-likeness (QED) is 0.549. The Hall–Kier alpha value is -2.35. The number of benzene rings is 1. The van der Waals surface area contributed by atoms with Crippen molar-refractivity contribution in [2.45, 2.75) is 26.2 Å². The molecule has 25 heavy (non-hydrogen) atoms. The number of hydrogen-bond donors (Lipinski definition) is 2. The Morgan fingerprint density at radius 2 is 2.24 bits per heavy atom. The van der Waals surface area contributed by atoms with Crippen molar-refractivity contribution < 1.29 is 19.2 Å². The van der Waals surface area contributed by atoms with Crippen LogP contribution in [0.25, 0.3) is 0 Å². The summed E-state index contributed by atoms with van der Waals surface area (Å²) >= 11 is 0. The lowest BCUT2D eigenvalue weighted by molar-refractivity contribution is -0.385. The highest BCUT2D eigenvalue weighted by atomic mass is 16.6. The van der Waals surface area contributed by atoms with Gasteiger partial charge in [-0.3, -0.25) is 14.9 Å². The summed E-state index contributed by atoms with van der Waals surface area (Å²) in [6.07, 6.45) is 3.13. The lowest BCUT2D eigenvalue weighted by atomic mass is 9.96. The third kappa shape index (κ3) is 5.06. The smallest absolute Gasteiger partial charge is 0.286 e. The van der Waals surface area contributed by atoms with Gasteiger partial charge in [0.1, 0.15) is 5.56 Å². The van der Waals surface area contributed by atoms with E-state index in [1.807, 2.05) is 0 Å². The average Bonchev–Trinajstić information content (AvgIpc) is 2.62. The lowest BCUT2D eigenvalue weighted by Crippen LogP contribution is -2.33. The number of rotatable bonds is 8. The van der Waals surface area contributed by atoms with Crippen molar-refractivity contribution in [3.63, 3.8) is 0 Å². The second-order valence-electron chi connectivity index (χ2n) is 5.97. The predicted octanol–water partition coefficient (Wildman–Crippen LogP) is 2.12. The minimum Gasteiger partial charge on any atom is -0.493 e. The van der Waals surface area contributed by atoms with Crippen LogP contribution in [0.2, 0.25) is 0 Å². The molecular weight excluding hydrogens is 326 g/mol. The summed E-state index contributed by atoms with van der Waals surface area (Å²) < 4.78 is 10.5. The van der Waals surface area contributed by atoms with Crippen LogP contribution in [0.5, 0.6) is 11.5 Å². The minimum atomic E-state index is -0.585. The van der Waals surface area contributed by atoms with Crippen molar-refractivity contribution in [1.29, 1.82) is 0 Å². The second kappa shape index (κ2) is 9.22. The highest BCUT2D eigenvalue weighted by molar-refractivity contribution is 5.99. The zero-order valence-electron chi connectivity index (χ0n) is 14.7. The van der Waals surface area contributed by atoms with Crippen molar-refractivity contribution in [2.24, 2.45) is 5.92 Å². The van der Waals surface area contributed by atoms with E-state index in [9.17, 15) is 14.9 Å². The first-order chi connectivity index (χ1) is 12.1. The van der Waals surface area contributed by atoms with Crippen LogP contribution in [0.1, 0.15) is 36.5 Å². The van der Waals surface area contributed by atoms with Crippen LogP contribution >= 0.6 is 0 Å². The van der Waals surface area contributed by atoms with Crippen LogP contribution in [-0.2, 0) is 0 Å². The normalized spacial score (nSPS) is 17.0. The van der Waals surface area contributed by atoms with Crippen molar-refractivity contribution in [3.8, 4) is 11.5 Å². The van der Waals surface area contributed by atoms with E-state index in [1.54, 1.807) is 6.92 Å². The maximum Gasteiger partial charge on any atom is 0.286 e. The van der Waals surface area contributed by atoms with Gasteiger partial charge in [0.05, 0.1) is 24.7 Å². The van der Waals surface area contributed by atoms with Gasteiger partial charge >= 0.3 is 0 Å². The number of nitrogens with zero attached hydrogens (tertiary/aromatic N) is 1. The molecule has 1 unspecified atom stereocenters. The van der Waals surface area contributed by atoms with Crippen LogP contribution < -0.4 is 20.1 Å². The number of nitro groups is 1. The predicted molar refractivity (Wildman–Crippen MR) is 93.4 cm³/mol. The number of hydrogen-bond acceptors (Lipinski definition) is 6. The molecule has 1 aromatic rings. The Morgan fingerprint density at radius 3 is 2.84 bits per heavy atom. The summed E-state index contributed by atoms with van der Waals surface area (Å²) in [6, 6.07) is 2.60. The molecule has 138 valence electrons. The van der Waals surface area contributed by atoms with E-state index >= 15 is 0 Å². The van der Waals surface area contributed by atoms with Gasteiger partial charge in [0.2, 0.25) is 0 Å². The van der Waals surface area contributed by atoms with Crippen LogP contribution in [0.4, 0.5) is 5.69 Å². The van der Waals surface area contributed by atoms with Gasteiger partial charge in [0.25, 0.3) is 11.6 Å². The van der Waals surface area contributed by atoms with Gasteiger partial charge in [-0.05, 0) is 45.2 Å². The molecule has 8 nitrogen and oxygen atoms in total. The van der Waals surface area contributed by atoms with Gasteiger partial charge in [0, 0.05) is 12.6 Å². The van der Waals surface area contributed by atoms with E-state index in [0.29, 0.717) is 24.8 Å². The highest BCUT2D eigenvalue weighted by Crippen LogP contribution is 2.34. The average molecular weight is 351 g/mol. The SMILES string of the molecule is CCOc1cc(C(=O)NCCC2CCCNC2)c([N+](=O)[O-])cc1OC. The Morgan fingerprint density at radius 1 is 1.44 bits per heavy atom. The van der Waals surface area contributed by atoms with Gasteiger partial charge in [-0.25, -0.2) is 0 Å². The van der Waals surface area contributed by atoms with Crippen LogP contribution in [0.15, 0.2) is 12.1 Å².